The Morgan fingerprint density at radius 2 is 1.82 bits per heavy atom. The molecule has 2 heteroatoms. The van der Waals surface area contributed by atoms with Crippen LogP contribution in [0.25, 0.3) is 0 Å². The van der Waals surface area contributed by atoms with E-state index in [1.807, 2.05) is 0 Å². The van der Waals surface area contributed by atoms with Gasteiger partial charge in [-0.05, 0) is 38.8 Å². The molecular formula is C15H23NO. The van der Waals surface area contributed by atoms with Crippen molar-refractivity contribution in [2.24, 2.45) is 0 Å². The zero-order valence-electron chi connectivity index (χ0n) is 10.9. The summed E-state index contributed by atoms with van der Waals surface area (Å²) in [6, 6.07) is 8.93. The summed E-state index contributed by atoms with van der Waals surface area (Å²) in [5, 5.41) is 10.1. The minimum absolute atomic E-state index is 0.162. The molecule has 0 aromatic heterocycles. The normalized spacial score (nSPS) is 24.6. The molecule has 1 aliphatic rings. The van der Waals surface area contributed by atoms with Crippen molar-refractivity contribution >= 4 is 5.69 Å². The van der Waals surface area contributed by atoms with Crippen LogP contribution < -0.4 is 4.90 Å². The van der Waals surface area contributed by atoms with Crippen LogP contribution in [0.5, 0.6) is 0 Å². The molecule has 1 aromatic carbocycles. The Morgan fingerprint density at radius 1 is 1.18 bits per heavy atom. The molecule has 0 heterocycles. The van der Waals surface area contributed by atoms with Gasteiger partial charge in [0.2, 0.25) is 0 Å². The van der Waals surface area contributed by atoms with Crippen molar-refractivity contribution < 1.29 is 5.11 Å². The van der Waals surface area contributed by atoms with Gasteiger partial charge in [0.05, 0.1) is 12.1 Å². The Morgan fingerprint density at radius 3 is 2.41 bits per heavy atom. The first-order valence-corrected chi connectivity index (χ1v) is 6.73. The highest BCUT2D eigenvalue weighted by Gasteiger charge is 2.27. The fourth-order valence-electron chi connectivity index (χ4n) is 2.80. The van der Waals surface area contributed by atoms with Crippen LogP contribution in [0.4, 0.5) is 5.69 Å². The lowest BCUT2D eigenvalue weighted by Crippen LogP contribution is -2.45. The number of benzene rings is 1. The number of likely N-dealkylation sites (N-methyl/N-ethyl adjacent to an activating group) is 1. The average molecular weight is 233 g/mol. The maximum atomic E-state index is 10.1. The van der Waals surface area contributed by atoms with Gasteiger partial charge in [-0.15, -0.1) is 0 Å². The number of aryl methyl sites for hydroxylation is 1. The van der Waals surface area contributed by atoms with Gasteiger partial charge in [-0.2, -0.15) is 0 Å². The number of anilines is 1. The van der Waals surface area contributed by atoms with Crippen LogP contribution in [0.3, 0.4) is 0 Å². The SMILES string of the molecule is CCN(c1ccc(C)cc1)[C@H]1CCCC[C@@H]1O. The molecule has 2 atom stereocenters. The Kier molecular flexibility index (Phi) is 4.06. The summed E-state index contributed by atoms with van der Waals surface area (Å²) in [7, 11) is 0. The maximum absolute atomic E-state index is 10.1. The number of rotatable bonds is 3. The van der Waals surface area contributed by atoms with Gasteiger partial charge in [0, 0.05) is 12.2 Å². The molecule has 2 nitrogen and oxygen atoms in total. The lowest BCUT2D eigenvalue weighted by molar-refractivity contribution is 0.104. The molecule has 0 unspecified atom stereocenters. The van der Waals surface area contributed by atoms with Gasteiger partial charge in [0.1, 0.15) is 0 Å². The first-order valence-electron chi connectivity index (χ1n) is 6.73. The van der Waals surface area contributed by atoms with Gasteiger partial charge in [-0.1, -0.05) is 30.5 Å². The second-order valence-corrected chi connectivity index (χ2v) is 5.04. The molecule has 17 heavy (non-hydrogen) atoms. The van der Waals surface area contributed by atoms with Crippen molar-refractivity contribution in [3.05, 3.63) is 29.8 Å². The van der Waals surface area contributed by atoms with Crippen molar-refractivity contribution in [2.75, 3.05) is 11.4 Å². The van der Waals surface area contributed by atoms with Gasteiger partial charge < -0.3 is 10.0 Å². The lowest BCUT2D eigenvalue weighted by atomic mass is 9.91. The smallest absolute Gasteiger partial charge is 0.0743 e. The fourth-order valence-corrected chi connectivity index (χ4v) is 2.80. The number of hydrogen-bond acceptors (Lipinski definition) is 2. The topological polar surface area (TPSA) is 23.5 Å². The van der Waals surface area contributed by atoms with Gasteiger partial charge in [-0.3, -0.25) is 0 Å². The molecule has 1 fully saturated rings. The molecule has 1 N–H and O–H groups in total. The van der Waals surface area contributed by atoms with E-state index in [2.05, 4.69) is 43.0 Å². The van der Waals surface area contributed by atoms with Crippen molar-refractivity contribution in [3.63, 3.8) is 0 Å². The first-order chi connectivity index (χ1) is 8.22. The van der Waals surface area contributed by atoms with E-state index in [0.29, 0.717) is 6.04 Å². The standard InChI is InChI=1S/C15H23NO/c1-3-16(13-10-8-12(2)9-11-13)14-6-4-5-7-15(14)17/h8-11,14-15,17H,3-7H2,1-2H3/t14-,15-/m0/s1. The van der Waals surface area contributed by atoms with Gasteiger partial charge in [0.25, 0.3) is 0 Å². The number of aliphatic hydroxyl groups excluding tert-OH is 1. The Balaban J connectivity index is 2.17. The van der Waals surface area contributed by atoms with E-state index in [0.717, 1.165) is 19.4 Å². The van der Waals surface area contributed by atoms with E-state index >= 15 is 0 Å². The molecular weight excluding hydrogens is 210 g/mol. The molecule has 0 aliphatic heterocycles. The molecule has 1 aromatic rings. The summed E-state index contributed by atoms with van der Waals surface area (Å²) < 4.78 is 0. The molecule has 1 aliphatic carbocycles. The molecule has 0 radical (unpaired) electrons. The Hall–Kier alpha value is -1.02. The van der Waals surface area contributed by atoms with Crippen LogP contribution in [0.15, 0.2) is 24.3 Å². The number of hydrogen-bond donors (Lipinski definition) is 1. The second-order valence-electron chi connectivity index (χ2n) is 5.04. The van der Waals surface area contributed by atoms with Gasteiger partial charge in [0.15, 0.2) is 0 Å². The predicted molar refractivity (Wildman–Crippen MR) is 72.5 cm³/mol. The molecule has 0 saturated heterocycles. The summed E-state index contributed by atoms with van der Waals surface area (Å²) in [5.74, 6) is 0. The van der Waals surface area contributed by atoms with E-state index in [9.17, 15) is 5.11 Å². The summed E-state index contributed by atoms with van der Waals surface area (Å²) in [6.07, 6.45) is 4.31. The highest BCUT2D eigenvalue weighted by molar-refractivity contribution is 5.48. The van der Waals surface area contributed by atoms with Crippen LogP contribution >= 0.6 is 0 Å². The Labute approximate surface area is 104 Å². The minimum Gasteiger partial charge on any atom is -0.391 e. The van der Waals surface area contributed by atoms with Crippen LogP contribution in [-0.4, -0.2) is 23.8 Å². The lowest BCUT2D eigenvalue weighted by Gasteiger charge is -2.38. The molecule has 2 rings (SSSR count). The van der Waals surface area contributed by atoms with E-state index < -0.39 is 0 Å². The number of aliphatic hydroxyl groups is 1. The van der Waals surface area contributed by atoms with Crippen LogP contribution in [0, 0.1) is 6.92 Å². The first kappa shape index (κ1) is 12.4. The third-order valence-electron chi connectivity index (χ3n) is 3.80. The van der Waals surface area contributed by atoms with E-state index in [4.69, 9.17) is 0 Å². The summed E-state index contributed by atoms with van der Waals surface area (Å²) in [5.41, 5.74) is 2.53. The quantitative estimate of drug-likeness (QED) is 0.867. The van der Waals surface area contributed by atoms with Crippen LogP contribution in [0.1, 0.15) is 38.2 Å². The highest BCUT2D eigenvalue weighted by Crippen LogP contribution is 2.27. The van der Waals surface area contributed by atoms with Crippen molar-refractivity contribution in [3.8, 4) is 0 Å². The second kappa shape index (κ2) is 5.54. The summed E-state index contributed by atoms with van der Waals surface area (Å²) in [4.78, 5) is 2.35. The van der Waals surface area contributed by atoms with Crippen molar-refractivity contribution in [1.82, 2.24) is 0 Å². The van der Waals surface area contributed by atoms with Gasteiger partial charge in [-0.25, -0.2) is 0 Å². The maximum Gasteiger partial charge on any atom is 0.0743 e. The van der Waals surface area contributed by atoms with Gasteiger partial charge >= 0.3 is 0 Å². The molecule has 0 amide bonds. The fraction of sp³-hybridized carbons (Fsp3) is 0.600. The Bertz CT molecular complexity index is 346. The summed E-state index contributed by atoms with van der Waals surface area (Å²) in [6.45, 7) is 5.24. The zero-order valence-corrected chi connectivity index (χ0v) is 10.9. The molecule has 1 saturated carbocycles. The third kappa shape index (κ3) is 2.81. The third-order valence-corrected chi connectivity index (χ3v) is 3.80. The van der Waals surface area contributed by atoms with E-state index in [1.165, 1.54) is 24.1 Å². The molecule has 0 bridgehead atoms. The molecule has 94 valence electrons. The van der Waals surface area contributed by atoms with Crippen LogP contribution in [-0.2, 0) is 0 Å². The monoisotopic (exact) mass is 233 g/mol. The van der Waals surface area contributed by atoms with Crippen LogP contribution in [0.2, 0.25) is 0 Å². The minimum atomic E-state index is -0.162. The molecule has 0 spiro atoms. The average Bonchev–Trinajstić information content (AvgIpc) is 2.35. The predicted octanol–water partition coefficient (Wildman–Crippen LogP) is 3.12. The number of nitrogens with zero attached hydrogens (tertiary/aromatic N) is 1. The largest absolute Gasteiger partial charge is 0.391 e. The highest BCUT2D eigenvalue weighted by atomic mass is 16.3. The van der Waals surface area contributed by atoms with Crippen molar-refractivity contribution in [1.29, 1.82) is 0 Å². The van der Waals surface area contributed by atoms with E-state index in [1.54, 1.807) is 0 Å². The van der Waals surface area contributed by atoms with Crippen molar-refractivity contribution in [2.45, 2.75) is 51.7 Å². The van der Waals surface area contributed by atoms with E-state index in [-0.39, 0.29) is 6.10 Å². The zero-order chi connectivity index (χ0) is 12.3. The summed E-state index contributed by atoms with van der Waals surface area (Å²) >= 11 is 0.